The van der Waals surface area contributed by atoms with Crippen LogP contribution in [0.5, 0.6) is 0 Å². The SMILES string of the molecule is CCCCCCCCCCCCCCCCC(CCCC)(C(=O)O)C(O)(C(=O)O)C(CCCC)(CCCC)C(=O)O. The maximum Gasteiger partial charge on any atom is 0.338 e. The summed E-state index contributed by atoms with van der Waals surface area (Å²) in [6.45, 7) is 7.88. The number of aliphatic hydroxyl groups is 1. The van der Waals surface area contributed by atoms with Gasteiger partial charge in [-0.15, -0.1) is 0 Å². The van der Waals surface area contributed by atoms with Crippen LogP contribution in [-0.4, -0.2) is 43.9 Å². The zero-order chi connectivity index (χ0) is 31.2. The van der Waals surface area contributed by atoms with Gasteiger partial charge in [-0.05, 0) is 25.7 Å². The van der Waals surface area contributed by atoms with E-state index in [1.165, 1.54) is 57.8 Å². The van der Waals surface area contributed by atoms with Crippen LogP contribution in [0.2, 0.25) is 0 Å². The third kappa shape index (κ3) is 11.5. The predicted molar refractivity (Wildman–Crippen MR) is 166 cm³/mol. The molecule has 7 heteroatoms. The van der Waals surface area contributed by atoms with Crippen molar-refractivity contribution in [3.63, 3.8) is 0 Å². The van der Waals surface area contributed by atoms with Crippen molar-refractivity contribution >= 4 is 17.9 Å². The molecule has 2 unspecified atom stereocenters. The maximum absolute atomic E-state index is 13.0. The van der Waals surface area contributed by atoms with Crippen LogP contribution >= 0.6 is 0 Å². The summed E-state index contributed by atoms with van der Waals surface area (Å²) in [5.74, 6) is -4.53. The molecule has 0 amide bonds. The number of unbranched alkanes of at least 4 members (excludes halogenated alkanes) is 16. The van der Waals surface area contributed by atoms with Crippen molar-refractivity contribution in [2.45, 2.75) is 187 Å². The molecule has 4 N–H and O–H groups in total. The molecule has 0 bridgehead atoms. The average molecular weight is 585 g/mol. The van der Waals surface area contributed by atoms with Gasteiger partial charge in [-0.3, -0.25) is 9.59 Å². The van der Waals surface area contributed by atoms with Gasteiger partial charge >= 0.3 is 17.9 Å². The van der Waals surface area contributed by atoms with Crippen molar-refractivity contribution in [1.82, 2.24) is 0 Å². The van der Waals surface area contributed by atoms with Crippen LogP contribution in [0.1, 0.15) is 182 Å². The van der Waals surface area contributed by atoms with Crippen molar-refractivity contribution in [2.75, 3.05) is 0 Å². The molecule has 0 spiro atoms. The molecule has 0 saturated heterocycles. The fourth-order valence-electron chi connectivity index (χ4n) is 6.64. The minimum Gasteiger partial charge on any atom is -0.481 e. The molecule has 0 aliphatic heterocycles. The van der Waals surface area contributed by atoms with E-state index in [0.29, 0.717) is 44.9 Å². The summed E-state index contributed by atoms with van der Waals surface area (Å²) in [6, 6.07) is 0. The molecular formula is C34H64O7. The maximum atomic E-state index is 13.0. The van der Waals surface area contributed by atoms with Crippen LogP contribution in [0, 0.1) is 10.8 Å². The normalized spacial score (nSPS) is 14.9. The first-order chi connectivity index (χ1) is 19.6. The Balaban J connectivity index is 5.56. The molecule has 0 fully saturated rings. The molecule has 7 nitrogen and oxygen atoms in total. The number of carboxylic acid groups (broad SMARTS) is 3. The smallest absolute Gasteiger partial charge is 0.338 e. The van der Waals surface area contributed by atoms with Gasteiger partial charge in [0, 0.05) is 0 Å². The molecule has 41 heavy (non-hydrogen) atoms. The zero-order valence-electron chi connectivity index (χ0n) is 27.0. The van der Waals surface area contributed by atoms with Crippen molar-refractivity contribution < 1.29 is 34.8 Å². The highest BCUT2D eigenvalue weighted by Crippen LogP contribution is 2.55. The second-order valence-corrected chi connectivity index (χ2v) is 12.4. The van der Waals surface area contributed by atoms with E-state index in [4.69, 9.17) is 0 Å². The monoisotopic (exact) mass is 584 g/mol. The number of aliphatic carboxylic acids is 3. The molecular weight excluding hydrogens is 520 g/mol. The van der Waals surface area contributed by atoms with Gasteiger partial charge in [0.05, 0.1) is 0 Å². The van der Waals surface area contributed by atoms with E-state index in [0.717, 1.165) is 25.7 Å². The molecule has 0 rings (SSSR count). The van der Waals surface area contributed by atoms with E-state index in [1.54, 1.807) is 0 Å². The summed E-state index contributed by atoms with van der Waals surface area (Å²) < 4.78 is 0. The van der Waals surface area contributed by atoms with Crippen molar-refractivity contribution in [3.8, 4) is 0 Å². The lowest BCUT2D eigenvalue weighted by Gasteiger charge is -2.51. The van der Waals surface area contributed by atoms with Crippen LogP contribution in [0.4, 0.5) is 0 Å². The summed E-state index contributed by atoms with van der Waals surface area (Å²) in [5.41, 5.74) is -7.08. The molecule has 0 heterocycles. The Bertz CT molecular complexity index is 714. The lowest BCUT2D eigenvalue weighted by Crippen LogP contribution is -2.69. The highest BCUT2D eigenvalue weighted by atomic mass is 16.4. The Kier molecular flexibility index (Phi) is 21.1. The summed E-state index contributed by atoms with van der Waals surface area (Å²) in [4.78, 5) is 38.9. The largest absolute Gasteiger partial charge is 0.481 e. The van der Waals surface area contributed by atoms with Gasteiger partial charge in [0.1, 0.15) is 10.8 Å². The van der Waals surface area contributed by atoms with Crippen molar-refractivity contribution in [1.29, 1.82) is 0 Å². The van der Waals surface area contributed by atoms with E-state index < -0.39 is 34.3 Å². The van der Waals surface area contributed by atoms with Gasteiger partial charge in [0.15, 0.2) is 5.60 Å². The molecule has 0 radical (unpaired) electrons. The fraction of sp³-hybridized carbons (Fsp3) is 0.912. The average Bonchev–Trinajstić information content (AvgIpc) is 2.94. The topological polar surface area (TPSA) is 132 Å². The standard InChI is InChI=1S/C34H64O7/c1-5-9-13-14-15-16-17-18-19-20-21-22-23-24-28-33(30(37)38,27-12-8-4)34(41,31(39)40)32(29(35)36,25-10-6-2)26-11-7-3/h41H,5-28H2,1-4H3,(H,35,36)(H,37,38)(H,39,40). The van der Waals surface area contributed by atoms with E-state index in [1.807, 2.05) is 20.8 Å². The Morgan fingerprint density at radius 2 is 0.634 bits per heavy atom. The van der Waals surface area contributed by atoms with Crippen molar-refractivity contribution in [3.05, 3.63) is 0 Å². The zero-order valence-corrected chi connectivity index (χ0v) is 27.0. The Morgan fingerprint density at radius 1 is 0.390 bits per heavy atom. The summed E-state index contributed by atoms with van der Waals surface area (Å²) in [6.07, 6.45) is 18.7. The predicted octanol–water partition coefficient (Wildman–Crippen LogP) is 9.39. The van der Waals surface area contributed by atoms with Gasteiger partial charge in [-0.25, -0.2) is 4.79 Å². The number of rotatable bonds is 29. The molecule has 2 atom stereocenters. The molecule has 0 aromatic rings. The van der Waals surface area contributed by atoms with E-state index in [9.17, 15) is 34.8 Å². The van der Waals surface area contributed by atoms with Gasteiger partial charge in [0.2, 0.25) is 0 Å². The highest BCUT2D eigenvalue weighted by Gasteiger charge is 2.72. The van der Waals surface area contributed by atoms with Crippen LogP contribution in [0.25, 0.3) is 0 Å². The van der Waals surface area contributed by atoms with E-state index >= 15 is 0 Å². The number of carboxylic acids is 3. The van der Waals surface area contributed by atoms with Crippen LogP contribution in [-0.2, 0) is 14.4 Å². The minimum absolute atomic E-state index is 0.0452. The quantitative estimate of drug-likeness (QED) is 0.0644. The Labute approximate surface area is 250 Å². The molecule has 0 aliphatic carbocycles. The van der Waals surface area contributed by atoms with Gasteiger partial charge in [0.25, 0.3) is 0 Å². The third-order valence-corrected chi connectivity index (χ3v) is 9.34. The molecule has 0 aromatic heterocycles. The second kappa shape index (κ2) is 22.0. The van der Waals surface area contributed by atoms with E-state index in [2.05, 4.69) is 6.92 Å². The van der Waals surface area contributed by atoms with Gasteiger partial charge < -0.3 is 20.4 Å². The van der Waals surface area contributed by atoms with Crippen LogP contribution in [0.15, 0.2) is 0 Å². The first-order valence-corrected chi connectivity index (χ1v) is 17.0. The Hall–Kier alpha value is -1.63. The van der Waals surface area contributed by atoms with Crippen molar-refractivity contribution in [2.24, 2.45) is 10.8 Å². The summed E-state index contributed by atoms with van der Waals surface area (Å²) in [5, 5.41) is 43.8. The van der Waals surface area contributed by atoms with E-state index in [-0.39, 0.29) is 25.7 Å². The summed E-state index contributed by atoms with van der Waals surface area (Å²) in [7, 11) is 0. The van der Waals surface area contributed by atoms with Crippen LogP contribution in [0.3, 0.4) is 0 Å². The Morgan fingerprint density at radius 3 is 0.878 bits per heavy atom. The second-order valence-electron chi connectivity index (χ2n) is 12.4. The first kappa shape index (κ1) is 39.4. The minimum atomic E-state index is -2.92. The highest BCUT2D eigenvalue weighted by molar-refractivity contribution is 5.95. The number of hydrogen-bond donors (Lipinski definition) is 4. The lowest BCUT2D eigenvalue weighted by atomic mass is 9.52. The van der Waals surface area contributed by atoms with Gasteiger partial charge in [-0.2, -0.15) is 0 Å². The fourth-order valence-corrected chi connectivity index (χ4v) is 6.64. The molecule has 242 valence electrons. The lowest BCUT2D eigenvalue weighted by molar-refractivity contribution is -0.227. The molecule has 0 aliphatic rings. The first-order valence-electron chi connectivity index (χ1n) is 17.0. The van der Waals surface area contributed by atoms with Crippen LogP contribution < -0.4 is 0 Å². The number of hydrogen-bond acceptors (Lipinski definition) is 4. The molecule has 0 aromatic carbocycles. The summed E-state index contributed by atoms with van der Waals surface area (Å²) >= 11 is 0. The third-order valence-electron chi connectivity index (χ3n) is 9.34. The molecule has 0 saturated carbocycles. The van der Waals surface area contributed by atoms with Gasteiger partial charge in [-0.1, -0.05) is 156 Å². The number of carbonyl (C=O) groups is 3.